The highest BCUT2D eigenvalue weighted by molar-refractivity contribution is 7.89. The maximum Gasteiger partial charge on any atom is 0.299 e. The molecule has 0 radical (unpaired) electrons. The Labute approximate surface area is 166 Å². The number of nitrogens with zero attached hydrogens (tertiary/aromatic N) is 2. The predicted molar refractivity (Wildman–Crippen MR) is 107 cm³/mol. The summed E-state index contributed by atoms with van der Waals surface area (Å²) in [5.74, 6) is 0.953. The van der Waals surface area contributed by atoms with Crippen molar-refractivity contribution < 1.29 is 17.6 Å². The lowest BCUT2D eigenvalue weighted by atomic mass is 10.1. The van der Waals surface area contributed by atoms with Crippen molar-refractivity contribution in [1.82, 2.24) is 15.0 Å². The SMILES string of the molecule is COc1ccc(S(N)(=O)=O)cc1Nc1ncc(-c2cccc(-c3cnc[nH]3)c2)o1. The van der Waals surface area contributed by atoms with Gasteiger partial charge in [-0.05, 0) is 24.3 Å². The first-order chi connectivity index (χ1) is 13.9. The van der Waals surface area contributed by atoms with Crippen LogP contribution in [0.25, 0.3) is 22.6 Å². The normalized spacial score (nSPS) is 11.4. The molecular weight excluding hydrogens is 394 g/mol. The van der Waals surface area contributed by atoms with E-state index in [1.807, 2.05) is 24.3 Å². The van der Waals surface area contributed by atoms with Crippen molar-refractivity contribution in [3.05, 3.63) is 61.2 Å². The number of ether oxygens (including phenoxy) is 1. The zero-order valence-electron chi connectivity index (χ0n) is 15.3. The molecule has 4 rings (SSSR count). The minimum atomic E-state index is -3.86. The molecule has 29 heavy (non-hydrogen) atoms. The van der Waals surface area contributed by atoms with Crippen LogP contribution < -0.4 is 15.2 Å². The van der Waals surface area contributed by atoms with Crippen LogP contribution in [0.5, 0.6) is 5.75 Å². The van der Waals surface area contributed by atoms with Crippen LogP contribution in [0.2, 0.25) is 0 Å². The number of sulfonamides is 1. The Bertz CT molecular complexity index is 1250. The maximum absolute atomic E-state index is 11.6. The molecule has 0 aliphatic carbocycles. The van der Waals surface area contributed by atoms with Gasteiger partial charge in [0.05, 0.1) is 42.1 Å². The van der Waals surface area contributed by atoms with Crippen LogP contribution in [0.1, 0.15) is 0 Å². The number of methoxy groups -OCH3 is 1. The van der Waals surface area contributed by atoms with E-state index in [4.69, 9.17) is 14.3 Å². The molecule has 0 bridgehead atoms. The lowest BCUT2D eigenvalue weighted by molar-refractivity contribution is 0.416. The van der Waals surface area contributed by atoms with E-state index in [2.05, 4.69) is 20.3 Å². The molecule has 4 aromatic rings. The first kappa shape index (κ1) is 18.7. The van der Waals surface area contributed by atoms with E-state index in [9.17, 15) is 8.42 Å². The van der Waals surface area contributed by atoms with E-state index in [0.29, 0.717) is 17.2 Å². The van der Waals surface area contributed by atoms with Gasteiger partial charge in [-0.2, -0.15) is 0 Å². The summed E-state index contributed by atoms with van der Waals surface area (Å²) in [6, 6.07) is 12.1. The van der Waals surface area contributed by atoms with E-state index in [1.54, 1.807) is 18.7 Å². The van der Waals surface area contributed by atoms with Crippen LogP contribution in [0, 0.1) is 0 Å². The van der Waals surface area contributed by atoms with Crippen molar-refractivity contribution in [2.75, 3.05) is 12.4 Å². The quantitative estimate of drug-likeness (QED) is 0.443. The van der Waals surface area contributed by atoms with Crippen molar-refractivity contribution in [3.63, 3.8) is 0 Å². The van der Waals surface area contributed by atoms with Crippen LogP contribution in [-0.4, -0.2) is 30.5 Å². The van der Waals surface area contributed by atoms with Crippen molar-refractivity contribution in [3.8, 4) is 28.3 Å². The highest BCUT2D eigenvalue weighted by atomic mass is 32.2. The van der Waals surface area contributed by atoms with E-state index in [-0.39, 0.29) is 10.9 Å². The summed E-state index contributed by atoms with van der Waals surface area (Å²) in [6.45, 7) is 0. The zero-order valence-corrected chi connectivity index (χ0v) is 16.1. The summed E-state index contributed by atoms with van der Waals surface area (Å²) in [7, 11) is -2.39. The summed E-state index contributed by atoms with van der Waals surface area (Å²) < 4.78 is 34.3. The molecule has 0 aliphatic rings. The van der Waals surface area contributed by atoms with E-state index in [1.165, 1.54) is 25.3 Å². The number of primary sulfonamides is 1. The Morgan fingerprint density at radius 2 is 1.97 bits per heavy atom. The first-order valence-corrected chi connectivity index (χ1v) is 10.0. The summed E-state index contributed by atoms with van der Waals surface area (Å²) in [6.07, 6.45) is 4.92. The van der Waals surface area contributed by atoms with Gasteiger partial charge >= 0.3 is 0 Å². The van der Waals surface area contributed by atoms with Gasteiger partial charge < -0.3 is 19.5 Å². The largest absolute Gasteiger partial charge is 0.495 e. The summed E-state index contributed by atoms with van der Waals surface area (Å²) in [5, 5.41) is 8.13. The standard InChI is InChI=1S/C19H17N5O4S/c1-27-17-6-5-14(29(20,25)26)8-15(17)24-19-22-10-18(28-19)13-4-2-3-12(7-13)16-9-21-11-23-16/h2-11H,1H3,(H,21,23)(H,22,24)(H2,20,25,26). The molecule has 9 nitrogen and oxygen atoms in total. The second-order valence-corrected chi connectivity index (χ2v) is 7.67. The molecule has 0 atom stereocenters. The van der Waals surface area contributed by atoms with E-state index in [0.717, 1.165) is 16.8 Å². The molecule has 0 aliphatic heterocycles. The van der Waals surface area contributed by atoms with Crippen molar-refractivity contribution >= 4 is 21.7 Å². The average Bonchev–Trinajstić information content (AvgIpc) is 3.40. The Morgan fingerprint density at radius 1 is 1.14 bits per heavy atom. The van der Waals surface area contributed by atoms with Crippen LogP contribution in [0.3, 0.4) is 0 Å². The average molecular weight is 411 g/mol. The third kappa shape index (κ3) is 3.98. The van der Waals surface area contributed by atoms with Gasteiger partial charge in [0.25, 0.3) is 6.01 Å². The zero-order chi connectivity index (χ0) is 20.4. The van der Waals surface area contributed by atoms with E-state index >= 15 is 0 Å². The molecule has 0 spiro atoms. The van der Waals surface area contributed by atoms with Crippen molar-refractivity contribution in [2.24, 2.45) is 5.14 Å². The molecule has 0 fully saturated rings. The summed E-state index contributed by atoms with van der Waals surface area (Å²) >= 11 is 0. The highest BCUT2D eigenvalue weighted by Crippen LogP contribution is 2.32. The van der Waals surface area contributed by atoms with Gasteiger partial charge in [0.2, 0.25) is 10.0 Å². The molecule has 10 heteroatoms. The molecule has 4 N–H and O–H groups in total. The van der Waals surface area contributed by atoms with Gasteiger partial charge in [-0.3, -0.25) is 0 Å². The Morgan fingerprint density at radius 3 is 2.69 bits per heavy atom. The fraction of sp³-hybridized carbons (Fsp3) is 0.0526. The maximum atomic E-state index is 11.6. The number of benzene rings is 2. The first-order valence-electron chi connectivity index (χ1n) is 8.47. The molecule has 2 heterocycles. The fourth-order valence-corrected chi connectivity index (χ4v) is 3.34. The number of nitrogens with two attached hydrogens (primary N) is 1. The van der Waals surface area contributed by atoms with Gasteiger partial charge in [-0.15, -0.1) is 0 Å². The second kappa shape index (κ2) is 7.41. The van der Waals surface area contributed by atoms with Crippen LogP contribution in [0.15, 0.2) is 70.5 Å². The van der Waals surface area contributed by atoms with Crippen molar-refractivity contribution in [1.29, 1.82) is 0 Å². The number of oxazole rings is 1. The molecule has 0 unspecified atom stereocenters. The highest BCUT2D eigenvalue weighted by Gasteiger charge is 2.15. The van der Waals surface area contributed by atoms with Gasteiger partial charge in [-0.1, -0.05) is 18.2 Å². The van der Waals surface area contributed by atoms with Gasteiger partial charge in [0.1, 0.15) is 5.75 Å². The molecule has 148 valence electrons. The van der Waals surface area contributed by atoms with Gasteiger partial charge in [0.15, 0.2) is 5.76 Å². The van der Waals surface area contributed by atoms with Crippen LogP contribution in [-0.2, 0) is 10.0 Å². The monoisotopic (exact) mass is 411 g/mol. The van der Waals surface area contributed by atoms with Gasteiger partial charge in [-0.25, -0.2) is 23.5 Å². The number of H-pyrrole nitrogens is 1. The number of hydrogen-bond acceptors (Lipinski definition) is 7. The molecular formula is C19H17N5O4S. The topological polar surface area (TPSA) is 136 Å². The Balaban J connectivity index is 1.63. The number of aromatic nitrogens is 3. The number of imidazole rings is 1. The summed E-state index contributed by atoms with van der Waals surface area (Å²) in [4.78, 5) is 11.2. The number of nitrogens with one attached hydrogen (secondary N) is 2. The van der Waals surface area contributed by atoms with Crippen LogP contribution in [0.4, 0.5) is 11.7 Å². The fourth-order valence-electron chi connectivity index (χ4n) is 2.80. The number of anilines is 2. The molecule has 0 saturated heterocycles. The molecule has 2 aromatic heterocycles. The van der Waals surface area contributed by atoms with Crippen molar-refractivity contribution in [2.45, 2.75) is 4.90 Å². The molecule has 2 aromatic carbocycles. The predicted octanol–water partition coefficient (Wildman–Crippen LogP) is 3.13. The molecule has 0 saturated carbocycles. The second-order valence-electron chi connectivity index (χ2n) is 6.11. The smallest absolute Gasteiger partial charge is 0.299 e. The van der Waals surface area contributed by atoms with Gasteiger partial charge in [0, 0.05) is 11.1 Å². The number of aromatic amines is 1. The minimum absolute atomic E-state index is 0.0557. The third-order valence-corrected chi connectivity index (χ3v) is 5.11. The molecule has 0 amide bonds. The Kier molecular flexibility index (Phi) is 4.79. The Hall–Kier alpha value is -3.63. The minimum Gasteiger partial charge on any atom is -0.495 e. The number of hydrogen-bond donors (Lipinski definition) is 3. The van der Waals surface area contributed by atoms with Crippen LogP contribution >= 0.6 is 0 Å². The van der Waals surface area contributed by atoms with E-state index < -0.39 is 10.0 Å². The lowest BCUT2D eigenvalue weighted by Gasteiger charge is -2.10. The summed E-state index contributed by atoms with van der Waals surface area (Å²) in [5.41, 5.74) is 3.02. The lowest BCUT2D eigenvalue weighted by Crippen LogP contribution is -2.12. The number of rotatable bonds is 6. The third-order valence-electron chi connectivity index (χ3n) is 4.20.